The monoisotopic (exact) mass is 393 g/mol. The summed E-state index contributed by atoms with van der Waals surface area (Å²) in [6.07, 6.45) is 2.44. The highest BCUT2D eigenvalue weighted by molar-refractivity contribution is 7.15. The normalized spacial score (nSPS) is 10.2. The fourth-order valence-electron chi connectivity index (χ4n) is 2.40. The Bertz CT molecular complexity index is 934. The maximum Gasteiger partial charge on any atom is 0.252 e. The third-order valence-electron chi connectivity index (χ3n) is 3.73. The summed E-state index contributed by atoms with van der Waals surface area (Å²) in [6, 6.07) is 19.0. The Hall–Kier alpha value is -3.21. The number of carbonyl (C=O) groups is 1. The number of nitrogens with zero attached hydrogens (tertiary/aromatic N) is 2. The number of carbonyl (C=O) groups excluding carboxylic acids is 1. The van der Waals surface area contributed by atoms with Crippen molar-refractivity contribution in [2.75, 3.05) is 25.1 Å². The van der Waals surface area contributed by atoms with Crippen LogP contribution in [0.25, 0.3) is 0 Å². The molecule has 142 valence electrons. The Balaban J connectivity index is 1.37. The largest absolute Gasteiger partial charge is 0.491 e. The van der Waals surface area contributed by atoms with Gasteiger partial charge in [0, 0.05) is 17.5 Å². The Labute approximate surface area is 167 Å². The molecule has 0 bridgehead atoms. The molecule has 2 aromatic carbocycles. The Morgan fingerprint density at radius 2 is 1.89 bits per heavy atom. The van der Waals surface area contributed by atoms with Crippen LogP contribution in [-0.2, 0) is 16.0 Å². The topological polar surface area (TPSA) is 84.2 Å². The number of nitrogens with one attached hydrogen (secondary N) is 1. The van der Waals surface area contributed by atoms with Gasteiger partial charge in [-0.15, -0.1) is 11.3 Å². The standard InChI is InChI=1S/C21H19N3O3S/c22-13-17-8-6-16(7-9-17)12-19-14-23-21(28-19)24-20(25)15-26-10-11-27-18-4-2-1-3-5-18/h1-9,14H,10-12,15H2,(H,23,24,25). The fourth-order valence-corrected chi connectivity index (χ4v) is 3.26. The first-order chi connectivity index (χ1) is 13.7. The number of ether oxygens (including phenoxy) is 2. The summed E-state index contributed by atoms with van der Waals surface area (Å²) in [4.78, 5) is 17.2. The number of benzene rings is 2. The first-order valence-electron chi connectivity index (χ1n) is 8.72. The molecule has 0 aliphatic rings. The van der Waals surface area contributed by atoms with Gasteiger partial charge in [0.25, 0.3) is 5.91 Å². The zero-order valence-electron chi connectivity index (χ0n) is 15.1. The summed E-state index contributed by atoms with van der Waals surface area (Å²) in [5, 5.41) is 12.1. The Morgan fingerprint density at radius 3 is 2.64 bits per heavy atom. The second-order valence-electron chi connectivity index (χ2n) is 5.88. The molecule has 1 aromatic heterocycles. The van der Waals surface area contributed by atoms with Crippen LogP contribution in [0.1, 0.15) is 16.0 Å². The number of hydrogen-bond acceptors (Lipinski definition) is 6. The van der Waals surface area contributed by atoms with Crippen LogP contribution < -0.4 is 10.1 Å². The van der Waals surface area contributed by atoms with E-state index in [4.69, 9.17) is 14.7 Å². The molecule has 1 amide bonds. The highest BCUT2D eigenvalue weighted by Gasteiger charge is 2.08. The van der Waals surface area contributed by atoms with Gasteiger partial charge in [-0.1, -0.05) is 30.3 Å². The Kier molecular flexibility index (Phi) is 7.13. The zero-order valence-corrected chi connectivity index (χ0v) is 15.9. The minimum atomic E-state index is -0.251. The molecule has 0 saturated heterocycles. The molecule has 0 fully saturated rings. The van der Waals surface area contributed by atoms with E-state index in [2.05, 4.69) is 16.4 Å². The predicted molar refractivity (Wildman–Crippen MR) is 107 cm³/mol. The molecule has 0 unspecified atom stereocenters. The number of para-hydroxylation sites is 1. The molecule has 0 radical (unpaired) electrons. The van der Waals surface area contributed by atoms with E-state index < -0.39 is 0 Å². The number of nitriles is 1. The third kappa shape index (κ3) is 6.20. The lowest BCUT2D eigenvalue weighted by molar-refractivity contribution is -0.120. The van der Waals surface area contributed by atoms with Crippen LogP contribution in [-0.4, -0.2) is 30.7 Å². The number of hydrogen-bond donors (Lipinski definition) is 1. The SMILES string of the molecule is N#Cc1ccc(Cc2cnc(NC(=O)COCCOc3ccccc3)s2)cc1. The van der Waals surface area contributed by atoms with Crippen LogP contribution in [0.3, 0.4) is 0 Å². The average Bonchev–Trinajstić information content (AvgIpc) is 3.15. The summed E-state index contributed by atoms with van der Waals surface area (Å²) < 4.78 is 10.8. The summed E-state index contributed by atoms with van der Waals surface area (Å²) in [6.45, 7) is 0.649. The molecular weight excluding hydrogens is 374 g/mol. The van der Waals surface area contributed by atoms with E-state index in [1.807, 2.05) is 42.5 Å². The van der Waals surface area contributed by atoms with Gasteiger partial charge in [-0.25, -0.2) is 4.98 Å². The minimum Gasteiger partial charge on any atom is -0.491 e. The number of anilines is 1. The summed E-state index contributed by atoms with van der Waals surface area (Å²) in [7, 11) is 0. The van der Waals surface area contributed by atoms with Crippen LogP contribution in [0.5, 0.6) is 5.75 Å². The van der Waals surface area contributed by atoms with E-state index in [0.29, 0.717) is 30.3 Å². The maximum atomic E-state index is 11.9. The van der Waals surface area contributed by atoms with Crippen molar-refractivity contribution >= 4 is 22.4 Å². The summed E-state index contributed by atoms with van der Waals surface area (Å²) in [5.74, 6) is 0.520. The van der Waals surface area contributed by atoms with Crippen molar-refractivity contribution in [3.63, 3.8) is 0 Å². The lowest BCUT2D eigenvalue weighted by Gasteiger charge is -2.06. The molecule has 0 aliphatic carbocycles. The lowest BCUT2D eigenvalue weighted by atomic mass is 10.1. The number of amides is 1. The van der Waals surface area contributed by atoms with Gasteiger partial charge in [0.15, 0.2) is 5.13 Å². The van der Waals surface area contributed by atoms with Gasteiger partial charge in [-0.2, -0.15) is 5.26 Å². The molecule has 28 heavy (non-hydrogen) atoms. The van der Waals surface area contributed by atoms with E-state index in [1.54, 1.807) is 18.3 Å². The van der Waals surface area contributed by atoms with Crippen molar-refractivity contribution < 1.29 is 14.3 Å². The summed E-state index contributed by atoms with van der Waals surface area (Å²) in [5.41, 5.74) is 1.72. The molecule has 3 aromatic rings. The smallest absolute Gasteiger partial charge is 0.252 e. The van der Waals surface area contributed by atoms with Gasteiger partial charge in [0.2, 0.25) is 0 Å². The highest BCUT2D eigenvalue weighted by atomic mass is 32.1. The number of aromatic nitrogens is 1. The molecule has 1 N–H and O–H groups in total. The number of thiazole rings is 1. The molecule has 1 heterocycles. The summed E-state index contributed by atoms with van der Waals surface area (Å²) >= 11 is 1.42. The van der Waals surface area contributed by atoms with Crippen molar-refractivity contribution in [2.24, 2.45) is 0 Å². The molecule has 0 atom stereocenters. The Morgan fingerprint density at radius 1 is 1.11 bits per heavy atom. The molecule has 0 saturated carbocycles. The van der Waals surface area contributed by atoms with Crippen molar-refractivity contribution in [2.45, 2.75) is 6.42 Å². The molecule has 7 heteroatoms. The lowest BCUT2D eigenvalue weighted by Crippen LogP contribution is -2.20. The second-order valence-corrected chi connectivity index (χ2v) is 6.99. The molecular formula is C21H19N3O3S. The van der Waals surface area contributed by atoms with Crippen LogP contribution in [0.4, 0.5) is 5.13 Å². The van der Waals surface area contributed by atoms with E-state index in [9.17, 15) is 4.79 Å². The van der Waals surface area contributed by atoms with E-state index in [0.717, 1.165) is 16.2 Å². The van der Waals surface area contributed by atoms with Crippen LogP contribution in [0, 0.1) is 11.3 Å². The van der Waals surface area contributed by atoms with E-state index in [-0.39, 0.29) is 12.5 Å². The van der Waals surface area contributed by atoms with Crippen molar-refractivity contribution in [1.29, 1.82) is 5.26 Å². The van der Waals surface area contributed by atoms with Gasteiger partial charge in [0.1, 0.15) is 19.0 Å². The van der Waals surface area contributed by atoms with Gasteiger partial charge in [-0.05, 0) is 29.8 Å². The van der Waals surface area contributed by atoms with Gasteiger partial charge in [0.05, 0.1) is 18.2 Å². The molecule has 0 spiro atoms. The first-order valence-corrected chi connectivity index (χ1v) is 9.54. The van der Waals surface area contributed by atoms with E-state index >= 15 is 0 Å². The molecule has 0 aliphatic heterocycles. The van der Waals surface area contributed by atoms with Gasteiger partial charge in [-0.3, -0.25) is 10.1 Å². The van der Waals surface area contributed by atoms with Crippen molar-refractivity contribution in [1.82, 2.24) is 4.98 Å². The van der Waals surface area contributed by atoms with Crippen LogP contribution in [0.15, 0.2) is 60.8 Å². The van der Waals surface area contributed by atoms with Crippen LogP contribution in [0.2, 0.25) is 0 Å². The maximum absolute atomic E-state index is 11.9. The second kappa shape index (κ2) is 10.2. The van der Waals surface area contributed by atoms with E-state index in [1.165, 1.54) is 11.3 Å². The fraction of sp³-hybridized carbons (Fsp3) is 0.190. The molecule has 3 rings (SSSR count). The number of rotatable bonds is 9. The minimum absolute atomic E-state index is 0.0529. The van der Waals surface area contributed by atoms with Crippen LogP contribution >= 0.6 is 11.3 Å². The quantitative estimate of drug-likeness (QED) is 0.561. The predicted octanol–water partition coefficient (Wildman–Crippen LogP) is 3.64. The first kappa shape index (κ1) is 19.5. The van der Waals surface area contributed by atoms with Gasteiger partial charge < -0.3 is 9.47 Å². The van der Waals surface area contributed by atoms with Crippen molar-refractivity contribution in [3.05, 3.63) is 76.8 Å². The van der Waals surface area contributed by atoms with Crippen molar-refractivity contribution in [3.8, 4) is 11.8 Å². The zero-order chi connectivity index (χ0) is 19.6. The average molecular weight is 393 g/mol. The van der Waals surface area contributed by atoms with Gasteiger partial charge >= 0.3 is 0 Å². The highest BCUT2D eigenvalue weighted by Crippen LogP contribution is 2.21. The molecule has 6 nitrogen and oxygen atoms in total. The third-order valence-corrected chi connectivity index (χ3v) is 4.65.